The van der Waals surface area contributed by atoms with Crippen molar-refractivity contribution in [1.29, 1.82) is 0 Å². The smallest absolute Gasteiger partial charge is 0.257 e. The highest BCUT2D eigenvalue weighted by Gasteiger charge is 2.20. The lowest BCUT2D eigenvalue weighted by atomic mass is 10.2. The van der Waals surface area contributed by atoms with Gasteiger partial charge < -0.3 is 18.5 Å². The van der Waals surface area contributed by atoms with E-state index in [9.17, 15) is 4.79 Å². The maximum atomic E-state index is 12.4. The fourth-order valence-corrected chi connectivity index (χ4v) is 1.82. The lowest BCUT2D eigenvalue weighted by molar-refractivity contribution is 0.0665. The highest BCUT2D eigenvalue weighted by atomic mass is 16.5. The first-order valence-electron chi connectivity index (χ1n) is 6.07. The monoisotopic (exact) mass is 263 g/mol. The molecule has 2 rings (SSSR count). The SMILES string of the molecule is COCCN(Cc1ccco1)C(=O)c1ccoc1C. The van der Waals surface area contributed by atoms with Crippen LogP contribution in [-0.2, 0) is 11.3 Å². The quantitative estimate of drug-likeness (QED) is 0.803. The van der Waals surface area contributed by atoms with Crippen molar-refractivity contribution < 1.29 is 18.4 Å². The predicted octanol–water partition coefficient (Wildman–Crippen LogP) is 2.47. The second-order valence-electron chi connectivity index (χ2n) is 4.19. The Labute approximate surface area is 111 Å². The molecule has 2 aromatic rings. The molecule has 1 amide bonds. The molecule has 0 bridgehead atoms. The predicted molar refractivity (Wildman–Crippen MR) is 68.8 cm³/mol. The van der Waals surface area contributed by atoms with Gasteiger partial charge in [-0.15, -0.1) is 0 Å². The van der Waals surface area contributed by atoms with Crippen molar-refractivity contribution in [1.82, 2.24) is 4.90 Å². The Bertz CT molecular complexity index is 515. The third kappa shape index (κ3) is 3.26. The first kappa shape index (κ1) is 13.4. The molecular weight excluding hydrogens is 246 g/mol. The molecule has 2 heterocycles. The van der Waals surface area contributed by atoms with Gasteiger partial charge in [0.25, 0.3) is 5.91 Å². The summed E-state index contributed by atoms with van der Waals surface area (Å²) < 4.78 is 15.5. The number of rotatable bonds is 6. The van der Waals surface area contributed by atoms with Crippen molar-refractivity contribution in [3.05, 3.63) is 47.8 Å². The molecule has 19 heavy (non-hydrogen) atoms. The summed E-state index contributed by atoms with van der Waals surface area (Å²) >= 11 is 0. The molecule has 5 heteroatoms. The Morgan fingerprint density at radius 3 is 2.74 bits per heavy atom. The Morgan fingerprint density at radius 2 is 2.16 bits per heavy atom. The van der Waals surface area contributed by atoms with Gasteiger partial charge in [-0.05, 0) is 25.1 Å². The molecule has 0 atom stereocenters. The van der Waals surface area contributed by atoms with Gasteiger partial charge in [-0.2, -0.15) is 0 Å². The average Bonchev–Trinajstić information content (AvgIpc) is 3.05. The van der Waals surface area contributed by atoms with Crippen molar-refractivity contribution in [2.45, 2.75) is 13.5 Å². The molecule has 2 aromatic heterocycles. The zero-order chi connectivity index (χ0) is 13.7. The van der Waals surface area contributed by atoms with Crippen molar-refractivity contribution in [2.75, 3.05) is 20.3 Å². The molecule has 0 fully saturated rings. The molecule has 102 valence electrons. The Balaban J connectivity index is 2.12. The van der Waals surface area contributed by atoms with Crippen molar-refractivity contribution in [3.8, 4) is 0 Å². The van der Waals surface area contributed by atoms with Crippen LogP contribution in [0.5, 0.6) is 0 Å². The molecule has 0 aliphatic carbocycles. The number of furan rings is 2. The summed E-state index contributed by atoms with van der Waals surface area (Å²) in [4.78, 5) is 14.1. The van der Waals surface area contributed by atoms with Crippen LogP contribution >= 0.6 is 0 Å². The summed E-state index contributed by atoms with van der Waals surface area (Å²) in [7, 11) is 1.61. The van der Waals surface area contributed by atoms with Crippen LogP contribution in [0.1, 0.15) is 21.9 Å². The Morgan fingerprint density at radius 1 is 1.32 bits per heavy atom. The third-order valence-corrected chi connectivity index (χ3v) is 2.87. The molecule has 0 saturated carbocycles. The molecule has 0 N–H and O–H groups in total. The fourth-order valence-electron chi connectivity index (χ4n) is 1.82. The maximum Gasteiger partial charge on any atom is 0.257 e. The lowest BCUT2D eigenvalue weighted by Gasteiger charge is -2.21. The summed E-state index contributed by atoms with van der Waals surface area (Å²) in [5.41, 5.74) is 0.572. The van der Waals surface area contributed by atoms with E-state index in [1.54, 1.807) is 37.3 Å². The second-order valence-corrected chi connectivity index (χ2v) is 4.19. The highest BCUT2D eigenvalue weighted by molar-refractivity contribution is 5.95. The minimum Gasteiger partial charge on any atom is -0.469 e. The number of nitrogens with zero attached hydrogens (tertiary/aromatic N) is 1. The number of methoxy groups -OCH3 is 1. The van der Waals surface area contributed by atoms with E-state index in [-0.39, 0.29) is 5.91 Å². The van der Waals surface area contributed by atoms with Gasteiger partial charge >= 0.3 is 0 Å². The minimum atomic E-state index is -0.0836. The van der Waals surface area contributed by atoms with Crippen LogP contribution in [0.2, 0.25) is 0 Å². The zero-order valence-electron chi connectivity index (χ0n) is 11.1. The first-order valence-corrected chi connectivity index (χ1v) is 6.07. The van der Waals surface area contributed by atoms with Crippen LogP contribution in [0, 0.1) is 6.92 Å². The van der Waals surface area contributed by atoms with Crippen LogP contribution in [0.15, 0.2) is 39.6 Å². The van der Waals surface area contributed by atoms with Gasteiger partial charge in [-0.3, -0.25) is 4.79 Å². The van der Waals surface area contributed by atoms with Gasteiger partial charge in [0.05, 0.1) is 31.2 Å². The van der Waals surface area contributed by atoms with E-state index >= 15 is 0 Å². The van der Waals surface area contributed by atoms with Gasteiger partial charge in [0.1, 0.15) is 11.5 Å². The van der Waals surface area contributed by atoms with Crippen molar-refractivity contribution in [3.63, 3.8) is 0 Å². The number of carbonyl (C=O) groups excluding carboxylic acids is 1. The van der Waals surface area contributed by atoms with Gasteiger partial charge in [0.2, 0.25) is 0 Å². The number of amides is 1. The summed E-state index contributed by atoms with van der Waals surface area (Å²) in [5.74, 6) is 1.28. The molecule has 0 aliphatic rings. The summed E-state index contributed by atoms with van der Waals surface area (Å²) in [6.07, 6.45) is 3.11. The number of carbonyl (C=O) groups is 1. The normalized spacial score (nSPS) is 10.6. The minimum absolute atomic E-state index is 0.0836. The van der Waals surface area contributed by atoms with E-state index in [0.29, 0.717) is 31.0 Å². The van der Waals surface area contributed by atoms with E-state index in [2.05, 4.69) is 0 Å². The van der Waals surface area contributed by atoms with Crippen molar-refractivity contribution >= 4 is 5.91 Å². The van der Waals surface area contributed by atoms with Crippen LogP contribution in [0.4, 0.5) is 0 Å². The van der Waals surface area contributed by atoms with E-state index in [1.165, 1.54) is 6.26 Å². The number of hydrogen-bond acceptors (Lipinski definition) is 4. The summed E-state index contributed by atoms with van der Waals surface area (Å²) in [6.45, 7) is 3.17. The lowest BCUT2D eigenvalue weighted by Crippen LogP contribution is -2.33. The highest BCUT2D eigenvalue weighted by Crippen LogP contribution is 2.14. The molecule has 0 aromatic carbocycles. The summed E-state index contributed by atoms with van der Waals surface area (Å²) in [6, 6.07) is 5.33. The topological polar surface area (TPSA) is 55.8 Å². The van der Waals surface area contributed by atoms with Gasteiger partial charge in [0, 0.05) is 13.7 Å². The van der Waals surface area contributed by atoms with Crippen LogP contribution < -0.4 is 0 Å². The van der Waals surface area contributed by atoms with E-state index < -0.39 is 0 Å². The third-order valence-electron chi connectivity index (χ3n) is 2.87. The molecule has 0 radical (unpaired) electrons. The molecule has 0 spiro atoms. The van der Waals surface area contributed by atoms with Gasteiger partial charge in [0.15, 0.2) is 0 Å². The standard InChI is InChI=1S/C14H17NO4/c1-11-13(5-8-18-11)14(16)15(6-9-17-2)10-12-4-3-7-19-12/h3-5,7-8H,6,9-10H2,1-2H3. The summed E-state index contributed by atoms with van der Waals surface area (Å²) in [5, 5.41) is 0. The molecule has 0 saturated heterocycles. The molecular formula is C14H17NO4. The van der Waals surface area contributed by atoms with E-state index in [4.69, 9.17) is 13.6 Å². The largest absolute Gasteiger partial charge is 0.469 e. The van der Waals surface area contributed by atoms with E-state index in [0.717, 1.165) is 5.76 Å². The Hall–Kier alpha value is -2.01. The van der Waals surface area contributed by atoms with Crippen LogP contribution in [0.25, 0.3) is 0 Å². The molecule has 5 nitrogen and oxygen atoms in total. The van der Waals surface area contributed by atoms with Gasteiger partial charge in [-0.25, -0.2) is 0 Å². The van der Waals surface area contributed by atoms with Crippen LogP contribution in [0.3, 0.4) is 0 Å². The van der Waals surface area contributed by atoms with Gasteiger partial charge in [-0.1, -0.05) is 0 Å². The number of aryl methyl sites for hydroxylation is 1. The average molecular weight is 263 g/mol. The number of ether oxygens (including phenoxy) is 1. The number of hydrogen-bond donors (Lipinski definition) is 0. The Kier molecular flexibility index (Phi) is 4.41. The van der Waals surface area contributed by atoms with Crippen molar-refractivity contribution in [2.24, 2.45) is 0 Å². The zero-order valence-corrected chi connectivity index (χ0v) is 11.1. The molecule has 0 unspecified atom stereocenters. The first-order chi connectivity index (χ1) is 9.22. The van der Waals surface area contributed by atoms with E-state index in [1.807, 2.05) is 6.07 Å². The second kappa shape index (κ2) is 6.24. The molecule has 0 aliphatic heterocycles. The fraction of sp³-hybridized carbons (Fsp3) is 0.357. The van der Waals surface area contributed by atoms with Crippen LogP contribution in [-0.4, -0.2) is 31.1 Å². The maximum absolute atomic E-state index is 12.4.